The lowest BCUT2D eigenvalue weighted by Crippen LogP contribution is -2.43. The van der Waals surface area contributed by atoms with Crippen molar-refractivity contribution in [1.29, 1.82) is 0 Å². The van der Waals surface area contributed by atoms with E-state index < -0.39 is 22.7 Å². The van der Waals surface area contributed by atoms with Crippen molar-refractivity contribution < 1.29 is 33.8 Å². The molecule has 8 heteroatoms. The van der Waals surface area contributed by atoms with Gasteiger partial charge in [-0.3, -0.25) is 4.55 Å². The van der Waals surface area contributed by atoms with Crippen LogP contribution in [0.15, 0.2) is 12.2 Å². The molecule has 0 heterocycles. The third-order valence-electron chi connectivity index (χ3n) is 2.27. The zero-order valence-electron chi connectivity index (χ0n) is 12.5. The number of ether oxygens (including phenoxy) is 1. The van der Waals surface area contributed by atoms with Gasteiger partial charge in [0.2, 0.25) is 0 Å². The molecule has 0 spiro atoms. The molecular weight excluding hydrogens is 274 g/mol. The van der Waals surface area contributed by atoms with Crippen molar-refractivity contribution in [3.63, 3.8) is 0 Å². The van der Waals surface area contributed by atoms with Gasteiger partial charge in [0.25, 0.3) is 10.1 Å². The van der Waals surface area contributed by atoms with Gasteiger partial charge in [-0.25, -0.2) is 4.79 Å². The molecule has 0 saturated heterocycles. The summed E-state index contributed by atoms with van der Waals surface area (Å²) < 4.78 is 42.6. The minimum absolute atomic E-state index is 0. The van der Waals surface area contributed by atoms with Gasteiger partial charge in [-0.15, -0.1) is 0 Å². The molecule has 0 aliphatic rings. The molecule has 0 rings (SSSR count). The number of hydrogen-bond acceptors (Lipinski definition) is 5. The zero-order chi connectivity index (χ0) is 15.3. The molecule has 0 amide bonds. The van der Waals surface area contributed by atoms with Crippen LogP contribution in [0.25, 0.3) is 0 Å². The van der Waals surface area contributed by atoms with Gasteiger partial charge in [-0.1, -0.05) is 6.58 Å². The number of quaternary nitrogens is 1. The Labute approximate surface area is 115 Å². The Kier molecular flexibility index (Phi) is 7.84. The molecule has 19 heavy (non-hydrogen) atoms. The average molecular weight is 298 g/mol. The summed E-state index contributed by atoms with van der Waals surface area (Å²) in [6.45, 7) is 4.56. The second-order valence-corrected chi connectivity index (χ2v) is 6.41. The maximum absolute atomic E-state index is 11.2. The Morgan fingerprint density at radius 1 is 1.42 bits per heavy atom. The summed E-state index contributed by atoms with van der Waals surface area (Å²) in [5.41, 5.74) is 0.230. The number of hydrogen-bond donors (Lipinski definition) is 1. The van der Waals surface area contributed by atoms with E-state index in [9.17, 15) is 13.2 Å². The molecule has 0 aromatic carbocycles. The van der Waals surface area contributed by atoms with Crippen LogP contribution in [0.2, 0.25) is 0 Å². The van der Waals surface area contributed by atoms with Gasteiger partial charge < -0.3 is 14.7 Å². The van der Waals surface area contributed by atoms with Crippen molar-refractivity contribution in [3.05, 3.63) is 12.2 Å². The maximum atomic E-state index is 11.2. The van der Waals surface area contributed by atoms with Crippen LogP contribution in [0.3, 0.4) is 0 Å². The molecule has 0 saturated carbocycles. The van der Waals surface area contributed by atoms with Crippen molar-refractivity contribution in [2.24, 2.45) is 0 Å². The number of esters is 1. The van der Waals surface area contributed by atoms with Crippen LogP contribution in [-0.2, 0) is 19.6 Å². The van der Waals surface area contributed by atoms with Crippen LogP contribution in [0.5, 0.6) is 0 Å². The smallest absolute Gasteiger partial charge is 0.333 e. The number of rotatable bonds is 8. The van der Waals surface area contributed by atoms with Crippen LogP contribution in [0.4, 0.5) is 0 Å². The Bertz CT molecular complexity index is 434. The summed E-state index contributed by atoms with van der Waals surface area (Å²) in [6.07, 6.45) is 0.271. The molecule has 0 bridgehead atoms. The molecular formula is C11H23NO6S. The molecule has 0 fully saturated rings. The Hall–Kier alpha value is -0.960. The summed E-state index contributed by atoms with van der Waals surface area (Å²) in [5.74, 6) is -0.930. The predicted molar refractivity (Wildman–Crippen MR) is 70.6 cm³/mol. The van der Waals surface area contributed by atoms with Crippen LogP contribution < -0.4 is 0 Å². The van der Waals surface area contributed by atoms with Crippen LogP contribution in [0, 0.1) is 0 Å². The second kappa shape index (κ2) is 8.26. The van der Waals surface area contributed by atoms with Crippen molar-refractivity contribution in [2.45, 2.75) is 13.3 Å². The number of nitrogens with zero attached hydrogens (tertiary/aromatic N) is 1. The van der Waals surface area contributed by atoms with Crippen LogP contribution in [0.1, 0.15) is 14.7 Å². The van der Waals surface area contributed by atoms with E-state index in [1.165, 1.54) is 6.92 Å². The third-order valence-corrected chi connectivity index (χ3v) is 3.08. The first-order valence-corrected chi connectivity index (χ1v) is 7.10. The fraction of sp³-hybridized carbons (Fsp3) is 0.727. The first kappa shape index (κ1) is 18.0. The normalized spacial score (nSPS) is 14.0. The molecule has 1 atom stereocenters. The Balaban J connectivity index is 0. The van der Waals surface area contributed by atoms with Gasteiger partial charge in [0.05, 0.1) is 27.8 Å². The summed E-state index contributed by atoms with van der Waals surface area (Å²) in [6, 6.07) is 0. The topological polar surface area (TPSA) is 111 Å². The van der Waals surface area contributed by atoms with Gasteiger partial charge in [-0.2, -0.15) is 8.42 Å². The summed E-state index contributed by atoms with van der Waals surface area (Å²) in [7, 11) is -0.375. The molecule has 0 aliphatic carbocycles. The van der Waals surface area contributed by atoms with Gasteiger partial charge >= 0.3 is 5.97 Å². The van der Waals surface area contributed by atoms with E-state index >= 15 is 0 Å². The molecule has 114 valence electrons. The van der Waals surface area contributed by atoms with Gasteiger partial charge in [-0.05, 0) is 6.92 Å². The van der Waals surface area contributed by atoms with E-state index in [-0.39, 0.29) is 29.8 Å². The van der Waals surface area contributed by atoms with Crippen LogP contribution >= 0.6 is 0 Å². The van der Waals surface area contributed by atoms with Crippen LogP contribution in [-0.4, -0.2) is 68.4 Å². The van der Waals surface area contributed by atoms with Gasteiger partial charge in [0.1, 0.15) is 13.1 Å². The fourth-order valence-electron chi connectivity index (χ4n) is 1.18. The highest BCUT2D eigenvalue weighted by Gasteiger charge is 2.17. The van der Waals surface area contributed by atoms with E-state index in [2.05, 4.69) is 6.58 Å². The first-order chi connectivity index (χ1) is 8.43. The molecule has 1 unspecified atom stereocenters. The minimum Gasteiger partial charge on any atom is -0.870 e. The first-order valence-electron chi connectivity index (χ1n) is 6.06. The largest absolute Gasteiger partial charge is 0.870 e. The highest BCUT2D eigenvalue weighted by Crippen LogP contribution is 2.02. The second-order valence-electron chi connectivity index (χ2n) is 4.83. The molecule has 7 nitrogen and oxygen atoms in total. The number of likely N-dealkylation sites (N-methyl/N-ethyl adjacent to an activating group) is 1. The summed E-state index contributed by atoms with van der Waals surface area (Å²) in [4.78, 5) is 11.2. The van der Waals surface area contributed by atoms with Crippen molar-refractivity contribution in [1.82, 2.24) is 0 Å². The van der Waals surface area contributed by atoms with Crippen molar-refractivity contribution >= 4 is 16.1 Å². The minimum atomic E-state index is -3.96. The van der Waals surface area contributed by atoms with Crippen molar-refractivity contribution in [2.75, 3.05) is 39.5 Å². The lowest BCUT2D eigenvalue weighted by atomic mass is 10.3. The molecule has 0 aromatic heterocycles. The lowest BCUT2D eigenvalue weighted by molar-refractivity contribution is -0.890. The zero-order valence-corrected chi connectivity index (χ0v) is 12.3. The highest BCUT2D eigenvalue weighted by atomic mass is 32.2. The third kappa shape index (κ3) is 11.8. The molecule has 0 radical (unpaired) electrons. The molecule has 0 aliphatic heterocycles. The van der Waals surface area contributed by atoms with Gasteiger partial charge in [0, 0.05) is 12.0 Å². The standard InChI is InChI=1S/C11H21NO5S.H2O/c1-10(2)11(13)17-8-7-12(3,4)6-5-9-18(14,15)16;/h1,5-9H2,2-4H3;1H2/i8D;. The number of carbonyl (C=O) groups is 1. The van der Waals surface area contributed by atoms with E-state index in [1.54, 1.807) is 14.1 Å². The van der Waals surface area contributed by atoms with Gasteiger partial charge in [0.15, 0.2) is 0 Å². The van der Waals surface area contributed by atoms with E-state index in [0.29, 0.717) is 11.0 Å². The van der Waals surface area contributed by atoms with Crippen molar-refractivity contribution in [3.8, 4) is 0 Å². The predicted octanol–water partition coefficient (Wildman–Crippen LogP) is 0.283. The number of carbonyl (C=O) groups excluding carboxylic acids is 1. The monoisotopic (exact) mass is 298 g/mol. The average Bonchev–Trinajstić information content (AvgIpc) is 2.12. The fourth-order valence-corrected chi connectivity index (χ4v) is 1.68. The van der Waals surface area contributed by atoms with E-state index in [0.717, 1.165) is 0 Å². The highest BCUT2D eigenvalue weighted by molar-refractivity contribution is 7.85. The Morgan fingerprint density at radius 3 is 2.37 bits per heavy atom. The maximum Gasteiger partial charge on any atom is 0.333 e. The quantitative estimate of drug-likeness (QED) is 0.298. The summed E-state index contributed by atoms with van der Waals surface area (Å²) >= 11 is 0. The summed E-state index contributed by atoms with van der Waals surface area (Å²) in [5, 5.41) is 0. The SMILES string of the molecule is [2H]C(C[N+](C)(C)CCCS(=O)(=O)O)OC(=O)C(=C)C.[OH-]. The molecule has 2 N–H and O–H groups in total. The van der Waals surface area contributed by atoms with E-state index in [1.807, 2.05) is 0 Å². The lowest BCUT2D eigenvalue weighted by Gasteiger charge is -2.29. The van der Waals surface area contributed by atoms with E-state index in [4.69, 9.17) is 10.7 Å². The molecule has 0 aromatic rings. The Morgan fingerprint density at radius 2 is 1.95 bits per heavy atom.